The van der Waals surface area contributed by atoms with E-state index in [4.69, 9.17) is 5.73 Å². The highest BCUT2D eigenvalue weighted by molar-refractivity contribution is 4.83. The molecule has 1 atom stereocenters. The molecule has 2 N–H and O–H groups in total. The van der Waals surface area contributed by atoms with Crippen molar-refractivity contribution in [2.24, 2.45) is 11.1 Å². The van der Waals surface area contributed by atoms with Gasteiger partial charge in [-0.15, -0.1) is 0 Å². The summed E-state index contributed by atoms with van der Waals surface area (Å²) < 4.78 is 0. The third-order valence-corrected chi connectivity index (χ3v) is 4.44. The molecule has 1 fully saturated rings. The second-order valence-electron chi connectivity index (χ2n) is 6.71. The van der Waals surface area contributed by atoms with E-state index in [0.717, 1.165) is 12.5 Å². The molecule has 17 heavy (non-hydrogen) atoms. The highest BCUT2D eigenvalue weighted by atomic mass is 15.1. The van der Waals surface area contributed by atoms with Crippen molar-refractivity contribution < 1.29 is 0 Å². The first-order valence-electron chi connectivity index (χ1n) is 7.40. The molecule has 0 bridgehead atoms. The number of hydrogen-bond donors (Lipinski definition) is 1. The minimum Gasteiger partial charge on any atom is -0.328 e. The fourth-order valence-electron chi connectivity index (χ4n) is 2.89. The van der Waals surface area contributed by atoms with E-state index >= 15 is 0 Å². The second-order valence-corrected chi connectivity index (χ2v) is 6.71. The predicted octanol–water partition coefficient (Wildman–Crippen LogP) is 3.40. The van der Waals surface area contributed by atoms with Crippen molar-refractivity contribution in [3.8, 4) is 0 Å². The summed E-state index contributed by atoms with van der Waals surface area (Å²) in [6, 6.07) is 1.21. The molecule has 0 aromatic rings. The zero-order chi connectivity index (χ0) is 12.9. The van der Waals surface area contributed by atoms with Crippen LogP contribution in [0, 0.1) is 5.41 Å². The average molecular weight is 240 g/mol. The van der Waals surface area contributed by atoms with Crippen molar-refractivity contribution in [2.75, 3.05) is 13.6 Å². The maximum absolute atomic E-state index is 6.08. The SMILES string of the molecule is CCCC(N)CCN(C)C1CCC(C)(C)CC1. The van der Waals surface area contributed by atoms with Crippen LogP contribution in [-0.4, -0.2) is 30.6 Å². The van der Waals surface area contributed by atoms with Gasteiger partial charge in [0.25, 0.3) is 0 Å². The first kappa shape index (κ1) is 15.0. The molecule has 1 aliphatic rings. The zero-order valence-electron chi connectivity index (χ0n) is 12.3. The van der Waals surface area contributed by atoms with Gasteiger partial charge in [-0.1, -0.05) is 27.2 Å². The van der Waals surface area contributed by atoms with Gasteiger partial charge in [-0.05, 0) is 57.5 Å². The Balaban J connectivity index is 2.22. The maximum Gasteiger partial charge on any atom is 0.00926 e. The Morgan fingerprint density at radius 3 is 2.35 bits per heavy atom. The Hall–Kier alpha value is -0.0800. The molecular weight excluding hydrogens is 208 g/mol. The van der Waals surface area contributed by atoms with Crippen LogP contribution in [0.2, 0.25) is 0 Å². The van der Waals surface area contributed by atoms with Gasteiger partial charge in [0.2, 0.25) is 0 Å². The summed E-state index contributed by atoms with van der Waals surface area (Å²) in [5.41, 5.74) is 6.66. The lowest BCUT2D eigenvalue weighted by Crippen LogP contribution is -2.39. The summed E-state index contributed by atoms with van der Waals surface area (Å²) in [6.07, 6.45) is 9.03. The molecule has 1 rings (SSSR count). The van der Waals surface area contributed by atoms with Crippen molar-refractivity contribution in [1.82, 2.24) is 4.90 Å². The van der Waals surface area contributed by atoms with Crippen LogP contribution in [0.25, 0.3) is 0 Å². The van der Waals surface area contributed by atoms with E-state index in [0.29, 0.717) is 11.5 Å². The summed E-state index contributed by atoms with van der Waals surface area (Å²) in [5, 5.41) is 0. The minimum absolute atomic E-state index is 0.405. The minimum atomic E-state index is 0.405. The van der Waals surface area contributed by atoms with Crippen LogP contribution in [0.5, 0.6) is 0 Å². The lowest BCUT2D eigenvalue weighted by molar-refractivity contribution is 0.125. The molecule has 1 aliphatic carbocycles. The van der Waals surface area contributed by atoms with Crippen molar-refractivity contribution in [2.45, 2.75) is 77.8 Å². The largest absolute Gasteiger partial charge is 0.328 e. The van der Waals surface area contributed by atoms with Crippen LogP contribution in [-0.2, 0) is 0 Å². The molecule has 0 amide bonds. The van der Waals surface area contributed by atoms with Gasteiger partial charge in [0.1, 0.15) is 0 Å². The summed E-state index contributed by atoms with van der Waals surface area (Å²) in [4.78, 5) is 2.55. The van der Waals surface area contributed by atoms with E-state index in [1.165, 1.54) is 45.1 Å². The van der Waals surface area contributed by atoms with Crippen LogP contribution >= 0.6 is 0 Å². The van der Waals surface area contributed by atoms with Crippen LogP contribution < -0.4 is 5.73 Å². The molecule has 1 unspecified atom stereocenters. The Bertz CT molecular complexity index is 203. The molecule has 0 heterocycles. The molecule has 102 valence electrons. The number of nitrogens with zero attached hydrogens (tertiary/aromatic N) is 1. The second kappa shape index (κ2) is 6.75. The monoisotopic (exact) mass is 240 g/mol. The maximum atomic E-state index is 6.08. The van der Waals surface area contributed by atoms with E-state index in [1.807, 2.05) is 0 Å². The summed E-state index contributed by atoms with van der Waals surface area (Å²) in [6.45, 7) is 8.19. The molecule has 0 saturated heterocycles. The Morgan fingerprint density at radius 2 is 1.82 bits per heavy atom. The molecule has 0 spiro atoms. The summed E-state index contributed by atoms with van der Waals surface area (Å²) in [5.74, 6) is 0. The highest BCUT2D eigenvalue weighted by Crippen LogP contribution is 2.36. The average Bonchev–Trinajstić information content (AvgIpc) is 2.26. The van der Waals surface area contributed by atoms with Crippen LogP contribution in [0.15, 0.2) is 0 Å². The fourth-order valence-corrected chi connectivity index (χ4v) is 2.89. The van der Waals surface area contributed by atoms with Gasteiger partial charge in [0.15, 0.2) is 0 Å². The molecule has 0 aliphatic heterocycles. The predicted molar refractivity (Wildman–Crippen MR) is 76.2 cm³/mol. The lowest BCUT2D eigenvalue weighted by atomic mass is 9.75. The van der Waals surface area contributed by atoms with Gasteiger partial charge in [0, 0.05) is 12.1 Å². The van der Waals surface area contributed by atoms with Gasteiger partial charge in [0.05, 0.1) is 0 Å². The highest BCUT2D eigenvalue weighted by Gasteiger charge is 2.28. The van der Waals surface area contributed by atoms with Crippen molar-refractivity contribution in [3.05, 3.63) is 0 Å². The van der Waals surface area contributed by atoms with Gasteiger partial charge in [-0.2, -0.15) is 0 Å². The van der Waals surface area contributed by atoms with Crippen LogP contribution in [0.3, 0.4) is 0 Å². The third-order valence-electron chi connectivity index (χ3n) is 4.44. The van der Waals surface area contributed by atoms with E-state index in [1.54, 1.807) is 0 Å². The van der Waals surface area contributed by atoms with Crippen molar-refractivity contribution in [3.63, 3.8) is 0 Å². The third kappa shape index (κ3) is 5.39. The first-order chi connectivity index (χ1) is 7.94. The van der Waals surface area contributed by atoms with Gasteiger partial charge >= 0.3 is 0 Å². The zero-order valence-corrected chi connectivity index (χ0v) is 12.3. The van der Waals surface area contributed by atoms with Crippen LogP contribution in [0.1, 0.15) is 65.7 Å². The molecule has 2 nitrogen and oxygen atoms in total. The molecule has 2 heteroatoms. The standard InChI is InChI=1S/C15H32N2/c1-5-6-13(16)9-12-17(4)14-7-10-15(2,3)11-8-14/h13-14H,5-12,16H2,1-4H3. The van der Waals surface area contributed by atoms with E-state index in [2.05, 4.69) is 32.7 Å². The van der Waals surface area contributed by atoms with E-state index in [9.17, 15) is 0 Å². The van der Waals surface area contributed by atoms with Crippen molar-refractivity contribution in [1.29, 1.82) is 0 Å². The summed E-state index contributed by atoms with van der Waals surface area (Å²) >= 11 is 0. The van der Waals surface area contributed by atoms with E-state index < -0.39 is 0 Å². The Kier molecular flexibility index (Phi) is 5.94. The Morgan fingerprint density at radius 1 is 1.24 bits per heavy atom. The quantitative estimate of drug-likeness (QED) is 0.771. The molecule has 0 aromatic carbocycles. The smallest absolute Gasteiger partial charge is 0.00926 e. The number of nitrogens with two attached hydrogens (primary N) is 1. The lowest BCUT2D eigenvalue weighted by Gasteiger charge is -2.38. The number of hydrogen-bond acceptors (Lipinski definition) is 2. The topological polar surface area (TPSA) is 29.3 Å². The van der Waals surface area contributed by atoms with Gasteiger partial charge in [-0.25, -0.2) is 0 Å². The fraction of sp³-hybridized carbons (Fsp3) is 1.00. The van der Waals surface area contributed by atoms with Crippen LogP contribution in [0.4, 0.5) is 0 Å². The molecule has 0 aromatic heterocycles. The number of rotatable bonds is 6. The van der Waals surface area contributed by atoms with Gasteiger partial charge < -0.3 is 10.6 Å². The molecular formula is C15H32N2. The van der Waals surface area contributed by atoms with E-state index in [-0.39, 0.29) is 0 Å². The molecule has 0 radical (unpaired) electrons. The normalized spacial score (nSPS) is 22.9. The summed E-state index contributed by atoms with van der Waals surface area (Å²) in [7, 11) is 2.28. The van der Waals surface area contributed by atoms with Gasteiger partial charge in [-0.3, -0.25) is 0 Å². The first-order valence-corrected chi connectivity index (χ1v) is 7.40. The Labute approximate surface area is 108 Å². The van der Waals surface area contributed by atoms with Crippen molar-refractivity contribution >= 4 is 0 Å². The molecule has 1 saturated carbocycles.